The van der Waals surface area contributed by atoms with Gasteiger partial charge in [0.1, 0.15) is 0 Å². The molecule has 0 unspecified atom stereocenters. The molecule has 5 heteroatoms. The number of hydrogen-bond acceptors (Lipinski definition) is 4. The number of amides is 1. The molecule has 0 aliphatic carbocycles. The van der Waals surface area contributed by atoms with Crippen LogP contribution in [-0.2, 0) is 17.9 Å². The lowest BCUT2D eigenvalue weighted by Gasteiger charge is -2.24. The molecule has 126 valence electrons. The predicted octanol–water partition coefficient (Wildman–Crippen LogP) is 2.79. The van der Waals surface area contributed by atoms with E-state index < -0.39 is 0 Å². The maximum Gasteiger partial charge on any atom is 0.219 e. The van der Waals surface area contributed by atoms with Crippen LogP contribution >= 0.6 is 0 Å². The Labute approximate surface area is 143 Å². The smallest absolute Gasteiger partial charge is 0.219 e. The number of aromatic nitrogens is 2. The van der Waals surface area contributed by atoms with Gasteiger partial charge in [0.2, 0.25) is 5.91 Å². The Kier molecular flexibility index (Phi) is 5.20. The topological polar surface area (TPSA) is 49.3 Å². The van der Waals surface area contributed by atoms with E-state index in [1.807, 2.05) is 12.3 Å². The molecule has 0 radical (unpaired) electrons. The summed E-state index contributed by atoms with van der Waals surface area (Å²) in [5.41, 5.74) is 3.18. The molecule has 0 N–H and O–H groups in total. The van der Waals surface area contributed by atoms with Crippen LogP contribution in [0.4, 0.5) is 0 Å². The average molecular weight is 324 g/mol. The van der Waals surface area contributed by atoms with Crippen LogP contribution < -0.4 is 0 Å². The standard InChI is InChI=1S/C19H24N4O/c1-15(24)22(2)14-17-11-20-12-18(21-17)19-9-6-10-23(19)13-16-7-4-3-5-8-16/h3-5,7-8,11-12,19H,6,9-10,13-14H2,1-2H3/t19-/m1/s1. The summed E-state index contributed by atoms with van der Waals surface area (Å²) >= 11 is 0. The normalized spacial score (nSPS) is 17.8. The van der Waals surface area contributed by atoms with Gasteiger partial charge in [-0.2, -0.15) is 0 Å². The maximum atomic E-state index is 11.4. The highest BCUT2D eigenvalue weighted by atomic mass is 16.2. The van der Waals surface area contributed by atoms with Crippen molar-refractivity contribution >= 4 is 5.91 Å². The first-order chi connectivity index (χ1) is 11.6. The third-order valence-electron chi connectivity index (χ3n) is 4.57. The van der Waals surface area contributed by atoms with E-state index in [-0.39, 0.29) is 5.91 Å². The van der Waals surface area contributed by atoms with E-state index in [9.17, 15) is 4.79 Å². The van der Waals surface area contributed by atoms with Gasteiger partial charge in [0.05, 0.1) is 36.4 Å². The Morgan fingerprint density at radius 2 is 2.08 bits per heavy atom. The number of nitrogens with zero attached hydrogens (tertiary/aromatic N) is 4. The van der Waals surface area contributed by atoms with Crippen molar-refractivity contribution in [3.63, 3.8) is 0 Å². The number of benzene rings is 1. The Morgan fingerprint density at radius 3 is 2.83 bits per heavy atom. The Morgan fingerprint density at radius 1 is 1.29 bits per heavy atom. The fourth-order valence-electron chi connectivity index (χ4n) is 3.18. The molecule has 1 aromatic heterocycles. The van der Waals surface area contributed by atoms with Crippen molar-refractivity contribution in [3.8, 4) is 0 Å². The number of rotatable bonds is 5. The van der Waals surface area contributed by atoms with Gasteiger partial charge in [-0.25, -0.2) is 0 Å². The van der Waals surface area contributed by atoms with Gasteiger partial charge in [-0.1, -0.05) is 30.3 Å². The second kappa shape index (κ2) is 7.53. The predicted molar refractivity (Wildman–Crippen MR) is 93.0 cm³/mol. The van der Waals surface area contributed by atoms with Crippen LogP contribution in [0.15, 0.2) is 42.7 Å². The third kappa shape index (κ3) is 3.97. The zero-order valence-corrected chi connectivity index (χ0v) is 14.4. The molecule has 1 aliphatic rings. The van der Waals surface area contributed by atoms with Gasteiger partial charge in [-0.3, -0.25) is 19.7 Å². The molecule has 5 nitrogen and oxygen atoms in total. The van der Waals surface area contributed by atoms with Crippen molar-refractivity contribution in [1.29, 1.82) is 0 Å². The van der Waals surface area contributed by atoms with Crippen LogP contribution in [0.5, 0.6) is 0 Å². The van der Waals surface area contributed by atoms with E-state index in [0.717, 1.165) is 30.9 Å². The molecule has 1 aromatic carbocycles. The number of carbonyl (C=O) groups excluding carboxylic acids is 1. The summed E-state index contributed by atoms with van der Waals surface area (Å²) in [5.74, 6) is 0.0359. The van der Waals surface area contributed by atoms with E-state index in [0.29, 0.717) is 12.6 Å². The lowest BCUT2D eigenvalue weighted by Crippen LogP contribution is -2.26. The molecule has 1 amide bonds. The average Bonchev–Trinajstić information content (AvgIpc) is 3.04. The summed E-state index contributed by atoms with van der Waals surface area (Å²) in [4.78, 5) is 24.7. The van der Waals surface area contributed by atoms with Crippen LogP contribution in [-0.4, -0.2) is 39.3 Å². The number of hydrogen-bond donors (Lipinski definition) is 0. The summed E-state index contributed by atoms with van der Waals surface area (Å²) in [7, 11) is 1.79. The van der Waals surface area contributed by atoms with Crippen molar-refractivity contribution in [2.45, 2.75) is 38.9 Å². The highest BCUT2D eigenvalue weighted by molar-refractivity contribution is 5.72. The van der Waals surface area contributed by atoms with Crippen LogP contribution in [0.1, 0.15) is 42.8 Å². The molecular formula is C19H24N4O. The molecule has 1 saturated heterocycles. The monoisotopic (exact) mass is 324 g/mol. The molecule has 24 heavy (non-hydrogen) atoms. The second-order valence-electron chi connectivity index (χ2n) is 6.42. The van der Waals surface area contributed by atoms with Crippen molar-refractivity contribution in [2.24, 2.45) is 0 Å². The van der Waals surface area contributed by atoms with Crippen LogP contribution in [0.2, 0.25) is 0 Å². The van der Waals surface area contributed by atoms with Gasteiger partial charge in [-0.15, -0.1) is 0 Å². The summed E-state index contributed by atoms with van der Waals surface area (Å²) in [6, 6.07) is 10.8. The highest BCUT2D eigenvalue weighted by Gasteiger charge is 2.27. The molecule has 2 heterocycles. The van der Waals surface area contributed by atoms with E-state index in [1.165, 1.54) is 12.0 Å². The fourth-order valence-corrected chi connectivity index (χ4v) is 3.18. The van der Waals surface area contributed by atoms with Gasteiger partial charge < -0.3 is 4.90 Å². The van der Waals surface area contributed by atoms with Crippen molar-refractivity contribution < 1.29 is 4.79 Å². The first-order valence-electron chi connectivity index (χ1n) is 8.44. The first kappa shape index (κ1) is 16.6. The van der Waals surface area contributed by atoms with E-state index in [4.69, 9.17) is 4.98 Å². The molecule has 1 fully saturated rings. The Hall–Kier alpha value is -2.27. The minimum atomic E-state index is 0.0359. The summed E-state index contributed by atoms with van der Waals surface area (Å²) < 4.78 is 0. The van der Waals surface area contributed by atoms with E-state index in [2.05, 4.69) is 34.1 Å². The quantitative estimate of drug-likeness (QED) is 0.848. The van der Waals surface area contributed by atoms with E-state index >= 15 is 0 Å². The van der Waals surface area contributed by atoms with Crippen molar-refractivity contribution in [3.05, 3.63) is 59.7 Å². The van der Waals surface area contributed by atoms with Crippen LogP contribution in [0.25, 0.3) is 0 Å². The molecular weight excluding hydrogens is 300 g/mol. The van der Waals surface area contributed by atoms with Gasteiger partial charge >= 0.3 is 0 Å². The molecule has 0 spiro atoms. The van der Waals surface area contributed by atoms with Gasteiger partial charge in [-0.05, 0) is 24.9 Å². The highest BCUT2D eigenvalue weighted by Crippen LogP contribution is 2.31. The Balaban J connectivity index is 1.74. The van der Waals surface area contributed by atoms with Gasteiger partial charge in [0.25, 0.3) is 0 Å². The number of carbonyl (C=O) groups is 1. The van der Waals surface area contributed by atoms with Crippen LogP contribution in [0, 0.1) is 0 Å². The van der Waals surface area contributed by atoms with Crippen molar-refractivity contribution in [1.82, 2.24) is 19.8 Å². The van der Waals surface area contributed by atoms with Crippen LogP contribution in [0.3, 0.4) is 0 Å². The maximum absolute atomic E-state index is 11.4. The molecule has 1 atom stereocenters. The van der Waals surface area contributed by atoms with E-state index in [1.54, 1.807) is 25.1 Å². The lowest BCUT2D eigenvalue weighted by atomic mass is 10.1. The molecule has 0 bridgehead atoms. The minimum Gasteiger partial charge on any atom is -0.340 e. The lowest BCUT2D eigenvalue weighted by molar-refractivity contribution is -0.128. The molecule has 0 saturated carbocycles. The number of likely N-dealkylation sites (tertiary alicyclic amines) is 1. The summed E-state index contributed by atoms with van der Waals surface area (Å²) in [6.07, 6.45) is 5.90. The summed E-state index contributed by atoms with van der Waals surface area (Å²) in [6.45, 7) is 4.08. The third-order valence-corrected chi connectivity index (χ3v) is 4.57. The largest absolute Gasteiger partial charge is 0.340 e. The zero-order chi connectivity index (χ0) is 16.9. The fraction of sp³-hybridized carbons (Fsp3) is 0.421. The Bertz CT molecular complexity index is 689. The minimum absolute atomic E-state index is 0.0359. The van der Waals surface area contributed by atoms with Gasteiger partial charge in [0.15, 0.2) is 0 Å². The zero-order valence-electron chi connectivity index (χ0n) is 14.4. The summed E-state index contributed by atoms with van der Waals surface area (Å²) in [5, 5.41) is 0. The molecule has 1 aliphatic heterocycles. The van der Waals surface area contributed by atoms with Gasteiger partial charge in [0, 0.05) is 20.5 Å². The molecule has 2 aromatic rings. The molecule has 3 rings (SSSR count). The second-order valence-corrected chi connectivity index (χ2v) is 6.42. The SMILES string of the molecule is CC(=O)N(C)Cc1cncc([C@H]2CCCN2Cc2ccccc2)n1. The van der Waals surface area contributed by atoms with Crippen molar-refractivity contribution in [2.75, 3.05) is 13.6 Å². The first-order valence-corrected chi connectivity index (χ1v) is 8.44.